The summed E-state index contributed by atoms with van der Waals surface area (Å²) in [5, 5.41) is 11.3. The molecule has 6 nitrogen and oxygen atoms in total. The summed E-state index contributed by atoms with van der Waals surface area (Å²) in [6.07, 6.45) is 8.21. The van der Waals surface area contributed by atoms with Crippen LogP contribution in [0.5, 0.6) is 0 Å². The van der Waals surface area contributed by atoms with Gasteiger partial charge in [-0.3, -0.25) is 14.2 Å². The van der Waals surface area contributed by atoms with E-state index >= 15 is 0 Å². The number of nitrogens with zero attached hydrogens (tertiary/aromatic N) is 4. The van der Waals surface area contributed by atoms with Crippen LogP contribution in [0.1, 0.15) is 11.3 Å². The molecule has 0 spiro atoms. The largest absolute Gasteiger partial charge is 0.347 e. The molecule has 1 amide bonds. The Balaban J connectivity index is 1.90. The van der Waals surface area contributed by atoms with Crippen molar-refractivity contribution in [1.82, 2.24) is 24.9 Å². The smallest absolute Gasteiger partial charge is 0.244 e. The third-order valence-corrected chi connectivity index (χ3v) is 2.91. The molecule has 2 aromatic heterocycles. The summed E-state index contributed by atoms with van der Waals surface area (Å²) < 4.78 is 3.31. The maximum absolute atomic E-state index is 11.6. The normalized spacial score (nSPS) is 11.1. The lowest BCUT2D eigenvalue weighted by Crippen LogP contribution is -2.22. The van der Waals surface area contributed by atoms with Gasteiger partial charge in [-0.1, -0.05) is 11.6 Å². The average Bonchev–Trinajstić information content (AvgIpc) is 2.92. The first kappa shape index (κ1) is 13.4. The predicted octanol–water partition coefficient (Wildman–Crippen LogP) is 1.14. The number of aryl methyl sites for hydroxylation is 2. The molecule has 0 aliphatic carbocycles. The van der Waals surface area contributed by atoms with E-state index in [4.69, 9.17) is 11.6 Å². The second-order valence-corrected chi connectivity index (χ2v) is 4.47. The molecule has 0 aromatic carbocycles. The Morgan fingerprint density at radius 2 is 2.21 bits per heavy atom. The van der Waals surface area contributed by atoms with Gasteiger partial charge in [-0.15, -0.1) is 0 Å². The number of hydrogen-bond donors (Lipinski definition) is 1. The minimum absolute atomic E-state index is 0.193. The Morgan fingerprint density at radius 1 is 1.42 bits per heavy atom. The maximum atomic E-state index is 11.6. The first-order chi connectivity index (χ1) is 9.06. The number of amides is 1. The van der Waals surface area contributed by atoms with E-state index in [1.54, 1.807) is 34.9 Å². The highest BCUT2D eigenvalue weighted by Gasteiger charge is 2.06. The number of carbonyl (C=O) groups excluding carboxylic acids is 1. The van der Waals surface area contributed by atoms with E-state index in [0.29, 0.717) is 11.6 Å². The molecule has 19 heavy (non-hydrogen) atoms. The van der Waals surface area contributed by atoms with Gasteiger partial charge in [0.2, 0.25) is 5.91 Å². The van der Waals surface area contributed by atoms with Gasteiger partial charge in [0, 0.05) is 31.9 Å². The zero-order valence-corrected chi connectivity index (χ0v) is 11.4. The molecule has 2 rings (SSSR count). The number of nitrogens with one attached hydrogen (secondary N) is 1. The summed E-state index contributed by atoms with van der Waals surface area (Å²) in [6, 6.07) is 0. The predicted molar refractivity (Wildman–Crippen MR) is 72.3 cm³/mol. The van der Waals surface area contributed by atoms with Gasteiger partial charge in [-0.2, -0.15) is 10.2 Å². The van der Waals surface area contributed by atoms with E-state index in [1.165, 1.54) is 6.08 Å². The van der Waals surface area contributed by atoms with Crippen molar-refractivity contribution in [2.75, 3.05) is 0 Å². The third kappa shape index (κ3) is 3.45. The van der Waals surface area contributed by atoms with E-state index in [1.807, 2.05) is 13.2 Å². The number of rotatable bonds is 4. The Morgan fingerprint density at radius 3 is 2.79 bits per heavy atom. The molecule has 0 aliphatic heterocycles. The van der Waals surface area contributed by atoms with Crippen molar-refractivity contribution in [3.05, 3.63) is 40.9 Å². The van der Waals surface area contributed by atoms with E-state index < -0.39 is 0 Å². The molecule has 1 N–H and O–H groups in total. The SMILES string of the molecule is Cn1cc(/C=C/C(=O)NCc2c(Cl)cnn2C)cn1. The quantitative estimate of drug-likeness (QED) is 0.854. The van der Waals surface area contributed by atoms with Gasteiger partial charge >= 0.3 is 0 Å². The Hall–Kier alpha value is -2.08. The maximum Gasteiger partial charge on any atom is 0.244 e. The Labute approximate surface area is 115 Å². The summed E-state index contributed by atoms with van der Waals surface area (Å²) in [6.45, 7) is 0.339. The third-order valence-electron chi connectivity index (χ3n) is 2.59. The van der Waals surface area contributed by atoms with Crippen LogP contribution < -0.4 is 5.32 Å². The highest BCUT2D eigenvalue weighted by Crippen LogP contribution is 2.13. The zero-order chi connectivity index (χ0) is 13.8. The molecule has 0 radical (unpaired) electrons. The second kappa shape index (κ2) is 5.71. The summed E-state index contributed by atoms with van der Waals surface area (Å²) in [5.74, 6) is -0.193. The fraction of sp³-hybridized carbons (Fsp3) is 0.250. The average molecular weight is 280 g/mol. The summed E-state index contributed by atoms with van der Waals surface area (Å²) in [7, 11) is 3.60. The molecule has 0 saturated carbocycles. The summed E-state index contributed by atoms with van der Waals surface area (Å²) in [4.78, 5) is 11.6. The standard InChI is InChI=1S/C12H14ClN5O/c1-17-8-9(5-15-17)3-4-12(19)14-7-11-10(13)6-16-18(11)2/h3-6,8H,7H2,1-2H3,(H,14,19)/b4-3+. The van der Waals surface area contributed by atoms with Crippen LogP contribution in [0.15, 0.2) is 24.7 Å². The fourth-order valence-corrected chi connectivity index (χ4v) is 1.80. The molecule has 2 heterocycles. The van der Waals surface area contributed by atoms with E-state index in [0.717, 1.165) is 11.3 Å². The molecule has 0 bridgehead atoms. The second-order valence-electron chi connectivity index (χ2n) is 4.06. The van der Waals surface area contributed by atoms with Crippen molar-refractivity contribution in [1.29, 1.82) is 0 Å². The first-order valence-corrected chi connectivity index (χ1v) is 6.05. The molecule has 2 aromatic rings. The van der Waals surface area contributed by atoms with Crippen LogP contribution >= 0.6 is 11.6 Å². The fourth-order valence-electron chi connectivity index (χ4n) is 1.56. The molecule has 0 aliphatic rings. The van der Waals surface area contributed by atoms with Crippen LogP contribution in [0.2, 0.25) is 5.02 Å². The molecule has 100 valence electrons. The summed E-state index contributed by atoms with van der Waals surface area (Å²) >= 11 is 5.94. The zero-order valence-electron chi connectivity index (χ0n) is 10.7. The number of aromatic nitrogens is 4. The van der Waals surface area contributed by atoms with Crippen LogP contribution in [0.3, 0.4) is 0 Å². The lowest BCUT2D eigenvalue weighted by Gasteiger charge is -2.03. The highest BCUT2D eigenvalue weighted by atomic mass is 35.5. The van der Waals surface area contributed by atoms with Crippen molar-refractivity contribution < 1.29 is 4.79 Å². The molecule has 0 saturated heterocycles. The van der Waals surface area contributed by atoms with Crippen molar-refractivity contribution in [2.24, 2.45) is 14.1 Å². The minimum atomic E-state index is -0.193. The number of halogens is 1. The van der Waals surface area contributed by atoms with E-state index in [9.17, 15) is 4.79 Å². The van der Waals surface area contributed by atoms with Crippen LogP contribution in [-0.2, 0) is 25.4 Å². The van der Waals surface area contributed by atoms with Gasteiger partial charge in [0.15, 0.2) is 0 Å². The van der Waals surface area contributed by atoms with Crippen molar-refractivity contribution in [3.63, 3.8) is 0 Å². The van der Waals surface area contributed by atoms with Gasteiger partial charge in [-0.25, -0.2) is 0 Å². The van der Waals surface area contributed by atoms with Crippen LogP contribution in [0, 0.1) is 0 Å². The van der Waals surface area contributed by atoms with Gasteiger partial charge in [0.1, 0.15) is 0 Å². The Bertz CT molecular complexity index is 594. The van der Waals surface area contributed by atoms with Gasteiger partial charge in [0.05, 0.1) is 29.7 Å². The van der Waals surface area contributed by atoms with Gasteiger partial charge < -0.3 is 5.32 Å². The summed E-state index contributed by atoms with van der Waals surface area (Å²) in [5.41, 5.74) is 1.64. The molecule has 7 heteroatoms. The molecular weight excluding hydrogens is 266 g/mol. The number of hydrogen-bond acceptors (Lipinski definition) is 3. The van der Waals surface area contributed by atoms with Crippen LogP contribution in [0.4, 0.5) is 0 Å². The minimum Gasteiger partial charge on any atom is -0.347 e. The van der Waals surface area contributed by atoms with Crippen LogP contribution in [0.25, 0.3) is 6.08 Å². The molecule has 0 atom stereocenters. The van der Waals surface area contributed by atoms with Crippen LogP contribution in [-0.4, -0.2) is 25.5 Å². The molecule has 0 fully saturated rings. The van der Waals surface area contributed by atoms with E-state index in [-0.39, 0.29) is 5.91 Å². The lowest BCUT2D eigenvalue weighted by atomic mass is 10.3. The lowest BCUT2D eigenvalue weighted by molar-refractivity contribution is -0.116. The van der Waals surface area contributed by atoms with Crippen molar-refractivity contribution in [2.45, 2.75) is 6.54 Å². The Kier molecular flexibility index (Phi) is 4.01. The molecular formula is C12H14ClN5O. The van der Waals surface area contributed by atoms with Gasteiger partial charge in [0.25, 0.3) is 0 Å². The van der Waals surface area contributed by atoms with Crippen molar-refractivity contribution in [3.8, 4) is 0 Å². The van der Waals surface area contributed by atoms with Gasteiger partial charge in [-0.05, 0) is 6.08 Å². The van der Waals surface area contributed by atoms with Crippen molar-refractivity contribution >= 4 is 23.6 Å². The van der Waals surface area contributed by atoms with E-state index in [2.05, 4.69) is 15.5 Å². The highest BCUT2D eigenvalue weighted by molar-refractivity contribution is 6.31. The topological polar surface area (TPSA) is 64.7 Å². The molecule has 0 unspecified atom stereocenters. The first-order valence-electron chi connectivity index (χ1n) is 5.67. The number of carbonyl (C=O) groups is 1. The monoisotopic (exact) mass is 279 g/mol.